The molecule has 2 aromatic heterocycles. The van der Waals surface area contributed by atoms with Gasteiger partial charge in [-0.25, -0.2) is 4.68 Å². The minimum atomic E-state index is -2.74. The summed E-state index contributed by atoms with van der Waals surface area (Å²) >= 11 is 0. The second-order valence-corrected chi connectivity index (χ2v) is 3.31. The lowest BCUT2D eigenvalue weighted by Crippen LogP contribution is -2.04. The molecular weight excluding hydrogens is 226 g/mol. The van der Waals surface area contributed by atoms with E-state index in [1.807, 2.05) is 6.07 Å². The predicted molar refractivity (Wildman–Crippen MR) is 56.0 cm³/mol. The van der Waals surface area contributed by atoms with Gasteiger partial charge in [-0.15, -0.1) is 0 Å². The summed E-state index contributed by atoms with van der Waals surface area (Å²) in [6.45, 7) is -2.74. The maximum atomic E-state index is 12.7. The summed E-state index contributed by atoms with van der Waals surface area (Å²) in [5.74, 6) is 0. The zero-order valence-corrected chi connectivity index (χ0v) is 8.72. The highest BCUT2D eigenvalue weighted by atomic mass is 19.3. The summed E-state index contributed by atoms with van der Waals surface area (Å²) in [6, 6.07) is 6.68. The van der Waals surface area contributed by atoms with Gasteiger partial charge in [-0.1, -0.05) is 0 Å². The number of hydrogen-bond donors (Lipinski definition) is 0. The summed E-state index contributed by atoms with van der Waals surface area (Å²) in [4.78, 5) is 3.84. The number of nitriles is 1. The molecule has 2 heterocycles. The Bertz CT molecular complexity index is 542. The fourth-order valence-corrected chi connectivity index (χ4v) is 1.48. The van der Waals surface area contributed by atoms with Gasteiger partial charge < -0.3 is 0 Å². The number of alkyl halides is 2. The van der Waals surface area contributed by atoms with Gasteiger partial charge in [0, 0.05) is 18.0 Å². The molecule has 0 spiro atoms. The normalized spacial score (nSPS) is 10.5. The minimum absolute atomic E-state index is 0.0948. The number of nitrogens with zero attached hydrogens (tertiary/aromatic N) is 4. The molecule has 2 aromatic rings. The number of hydrogen-bond acceptors (Lipinski definition) is 3. The van der Waals surface area contributed by atoms with Crippen molar-refractivity contribution in [3.05, 3.63) is 36.3 Å². The zero-order chi connectivity index (χ0) is 12.3. The SMILES string of the molecule is N#CCc1cc(-c2ccncc2)nn1C(F)F. The molecule has 0 saturated heterocycles. The van der Waals surface area contributed by atoms with Crippen molar-refractivity contribution in [3.63, 3.8) is 0 Å². The van der Waals surface area contributed by atoms with E-state index in [0.717, 1.165) is 0 Å². The third-order valence-corrected chi connectivity index (χ3v) is 2.23. The van der Waals surface area contributed by atoms with Crippen LogP contribution >= 0.6 is 0 Å². The van der Waals surface area contributed by atoms with E-state index in [4.69, 9.17) is 5.26 Å². The van der Waals surface area contributed by atoms with Crippen LogP contribution in [0.1, 0.15) is 12.2 Å². The molecule has 0 saturated carbocycles. The first kappa shape index (κ1) is 11.2. The zero-order valence-electron chi connectivity index (χ0n) is 8.72. The van der Waals surface area contributed by atoms with Crippen molar-refractivity contribution in [3.8, 4) is 17.3 Å². The first-order valence-electron chi connectivity index (χ1n) is 4.86. The van der Waals surface area contributed by atoms with E-state index >= 15 is 0 Å². The standard InChI is InChI=1S/C11H8F2N4/c12-11(13)17-9(1-4-14)7-10(16-17)8-2-5-15-6-3-8/h2-3,5-7,11H,1H2. The second-order valence-electron chi connectivity index (χ2n) is 3.31. The van der Waals surface area contributed by atoms with Crippen LogP contribution in [-0.2, 0) is 6.42 Å². The summed E-state index contributed by atoms with van der Waals surface area (Å²) < 4.78 is 25.9. The smallest absolute Gasteiger partial charge is 0.265 e. The Balaban J connectivity index is 2.44. The van der Waals surface area contributed by atoms with Gasteiger partial charge in [-0.05, 0) is 18.2 Å². The van der Waals surface area contributed by atoms with Gasteiger partial charge in [0.05, 0.1) is 23.9 Å². The first-order chi connectivity index (χ1) is 8.22. The van der Waals surface area contributed by atoms with Crippen LogP contribution in [0.4, 0.5) is 8.78 Å². The molecule has 0 aliphatic heterocycles. The van der Waals surface area contributed by atoms with Crippen LogP contribution < -0.4 is 0 Å². The van der Waals surface area contributed by atoms with E-state index in [1.165, 1.54) is 6.07 Å². The topological polar surface area (TPSA) is 54.5 Å². The third kappa shape index (κ3) is 2.28. The Morgan fingerprint density at radius 3 is 2.65 bits per heavy atom. The highest BCUT2D eigenvalue weighted by molar-refractivity contribution is 5.58. The molecule has 86 valence electrons. The van der Waals surface area contributed by atoms with Crippen LogP contribution in [0, 0.1) is 11.3 Å². The lowest BCUT2D eigenvalue weighted by atomic mass is 10.2. The van der Waals surface area contributed by atoms with Gasteiger partial charge in [0.2, 0.25) is 0 Å². The summed E-state index contributed by atoms with van der Waals surface area (Å²) in [5, 5.41) is 12.3. The molecular formula is C11H8F2N4. The van der Waals surface area contributed by atoms with Crippen LogP contribution in [0.25, 0.3) is 11.3 Å². The molecule has 0 atom stereocenters. The summed E-state index contributed by atoms with van der Waals surface area (Å²) in [6.07, 6.45) is 3.02. The molecule has 0 aliphatic rings. The van der Waals surface area contributed by atoms with Gasteiger partial charge in [0.15, 0.2) is 0 Å². The van der Waals surface area contributed by atoms with E-state index < -0.39 is 6.55 Å². The van der Waals surface area contributed by atoms with Crippen LogP contribution in [0.2, 0.25) is 0 Å². The summed E-state index contributed by atoms with van der Waals surface area (Å²) in [5.41, 5.74) is 1.31. The Morgan fingerprint density at radius 1 is 1.35 bits per heavy atom. The number of aromatic nitrogens is 3. The Morgan fingerprint density at radius 2 is 2.06 bits per heavy atom. The maximum absolute atomic E-state index is 12.7. The van der Waals surface area contributed by atoms with E-state index in [0.29, 0.717) is 15.9 Å². The average molecular weight is 234 g/mol. The monoisotopic (exact) mass is 234 g/mol. The molecule has 17 heavy (non-hydrogen) atoms. The molecule has 0 radical (unpaired) electrons. The molecule has 0 bridgehead atoms. The molecule has 0 aromatic carbocycles. The van der Waals surface area contributed by atoms with Crippen molar-refractivity contribution in [2.45, 2.75) is 13.0 Å². The Labute approximate surface area is 96.1 Å². The van der Waals surface area contributed by atoms with Gasteiger partial charge in [-0.3, -0.25) is 4.98 Å². The molecule has 6 heteroatoms. The van der Waals surface area contributed by atoms with Crippen molar-refractivity contribution in [2.75, 3.05) is 0 Å². The van der Waals surface area contributed by atoms with Crippen molar-refractivity contribution in [2.24, 2.45) is 0 Å². The molecule has 0 amide bonds. The largest absolute Gasteiger partial charge is 0.333 e. The number of rotatable bonds is 3. The van der Waals surface area contributed by atoms with Crippen molar-refractivity contribution in [1.82, 2.24) is 14.8 Å². The van der Waals surface area contributed by atoms with E-state index in [-0.39, 0.29) is 12.1 Å². The van der Waals surface area contributed by atoms with Gasteiger partial charge >= 0.3 is 6.55 Å². The molecule has 2 rings (SSSR count). The number of halogens is 2. The molecule has 0 N–H and O–H groups in total. The van der Waals surface area contributed by atoms with E-state index in [2.05, 4.69) is 10.1 Å². The van der Waals surface area contributed by atoms with Gasteiger partial charge in [-0.2, -0.15) is 19.1 Å². The first-order valence-corrected chi connectivity index (χ1v) is 4.86. The van der Waals surface area contributed by atoms with Crippen LogP contribution in [0.3, 0.4) is 0 Å². The fraction of sp³-hybridized carbons (Fsp3) is 0.182. The number of pyridine rings is 1. The van der Waals surface area contributed by atoms with Crippen LogP contribution in [-0.4, -0.2) is 14.8 Å². The highest BCUT2D eigenvalue weighted by Crippen LogP contribution is 2.22. The van der Waals surface area contributed by atoms with Crippen molar-refractivity contribution >= 4 is 0 Å². The van der Waals surface area contributed by atoms with Crippen LogP contribution in [0.5, 0.6) is 0 Å². The Hall–Kier alpha value is -2.29. The Kier molecular flexibility index (Phi) is 3.10. The lowest BCUT2D eigenvalue weighted by molar-refractivity contribution is 0.0542. The molecule has 4 nitrogen and oxygen atoms in total. The molecule has 0 unspecified atom stereocenters. The average Bonchev–Trinajstić information content (AvgIpc) is 2.75. The third-order valence-electron chi connectivity index (χ3n) is 2.23. The maximum Gasteiger partial charge on any atom is 0.333 e. The second kappa shape index (κ2) is 4.70. The highest BCUT2D eigenvalue weighted by Gasteiger charge is 2.15. The summed E-state index contributed by atoms with van der Waals surface area (Å²) in [7, 11) is 0. The molecule has 0 fully saturated rings. The van der Waals surface area contributed by atoms with Crippen molar-refractivity contribution < 1.29 is 8.78 Å². The van der Waals surface area contributed by atoms with E-state index in [9.17, 15) is 8.78 Å². The van der Waals surface area contributed by atoms with Gasteiger partial charge in [0.1, 0.15) is 0 Å². The molecule has 0 aliphatic carbocycles. The minimum Gasteiger partial charge on any atom is -0.265 e. The quantitative estimate of drug-likeness (QED) is 0.819. The van der Waals surface area contributed by atoms with Crippen LogP contribution in [0.15, 0.2) is 30.6 Å². The fourth-order valence-electron chi connectivity index (χ4n) is 1.48. The van der Waals surface area contributed by atoms with E-state index in [1.54, 1.807) is 24.5 Å². The van der Waals surface area contributed by atoms with Gasteiger partial charge in [0.25, 0.3) is 0 Å². The lowest BCUT2D eigenvalue weighted by Gasteiger charge is -2.01. The van der Waals surface area contributed by atoms with Crippen molar-refractivity contribution in [1.29, 1.82) is 5.26 Å². The predicted octanol–water partition coefficient (Wildman–Crippen LogP) is 2.41.